The van der Waals surface area contributed by atoms with Gasteiger partial charge in [0.15, 0.2) is 5.78 Å². The van der Waals surface area contributed by atoms with Crippen molar-refractivity contribution in [2.75, 3.05) is 0 Å². The number of ketones is 1. The van der Waals surface area contributed by atoms with Crippen LogP contribution in [0.25, 0.3) is 0 Å². The van der Waals surface area contributed by atoms with Gasteiger partial charge in [0.1, 0.15) is 6.10 Å². The van der Waals surface area contributed by atoms with Gasteiger partial charge in [-0.25, -0.2) is 0 Å². The lowest BCUT2D eigenvalue weighted by molar-refractivity contribution is -0.139. The van der Waals surface area contributed by atoms with Crippen molar-refractivity contribution >= 4 is 5.78 Å². The van der Waals surface area contributed by atoms with Crippen LogP contribution in [-0.2, 0) is 4.79 Å². The fraction of sp³-hybridized carbons (Fsp3) is 0.786. The molecule has 0 aromatic rings. The molecule has 16 heavy (non-hydrogen) atoms. The highest BCUT2D eigenvalue weighted by Crippen LogP contribution is 2.42. The molecule has 0 saturated heterocycles. The van der Waals surface area contributed by atoms with E-state index in [-0.39, 0.29) is 17.1 Å². The molecular weight excluding hydrogens is 200 g/mol. The van der Waals surface area contributed by atoms with E-state index in [2.05, 4.69) is 12.2 Å². The highest BCUT2D eigenvalue weighted by atomic mass is 16.3. The molecule has 0 aliphatic heterocycles. The predicted octanol–water partition coefficient (Wildman–Crippen LogP) is 2.56. The molecule has 3 rings (SSSR count). The molecule has 1 fully saturated rings. The quantitative estimate of drug-likeness (QED) is 0.729. The summed E-state index contributed by atoms with van der Waals surface area (Å²) in [5.74, 6) is 1.09. The van der Waals surface area contributed by atoms with Crippen molar-refractivity contribution in [2.24, 2.45) is 23.2 Å². The van der Waals surface area contributed by atoms with Crippen molar-refractivity contribution in [3.63, 3.8) is 0 Å². The molecule has 2 bridgehead atoms. The molecule has 0 aromatic heterocycles. The summed E-state index contributed by atoms with van der Waals surface area (Å²) < 4.78 is 0. The van der Waals surface area contributed by atoms with Crippen molar-refractivity contribution in [2.45, 2.75) is 46.1 Å². The van der Waals surface area contributed by atoms with Gasteiger partial charge in [-0.2, -0.15) is 0 Å². The van der Waals surface area contributed by atoms with Crippen molar-refractivity contribution in [1.29, 1.82) is 0 Å². The number of hydrogen-bond donors (Lipinski definition) is 1. The first kappa shape index (κ1) is 11.8. The van der Waals surface area contributed by atoms with E-state index in [1.165, 1.54) is 6.42 Å². The Kier molecular flexibility index (Phi) is 2.95. The van der Waals surface area contributed by atoms with E-state index in [4.69, 9.17) is 0 Å². The molecule has 0 radical (unpaired) electrons. The molecule has 90 valence electrons. The highest BCUT2D eigenvalue weighted by molar-refractivity contribution is 5.86. The van der Waals surface area contributed by atoms with E-state index in [9.17, 15) is 9.90 Å². The highest BCUT2D eigenvalue weighted by Gasteiger charge is 2.41. The summed E-state index contributed by atoms with van der Waals surface area (Å²) in [5, 5.41) is 10.1. The molecule has 3 aliphatic carbocycles. The number of carbonyl (C=O) groups excluding carboxylic acids is 1. The molecule has 0 amide bonds. The normalized spacial score (nSPS) is 35.1. The van der Waals surface area contributed by atoms with Crippen LogP contribution in [-0.4, -0.2) is 17.0 Å². The summed E-state index contributed by atoms with van der Waals surface area (Å²) in [6.07, 6.45) is 6.92. The number of rotatable bonds is 2. The second-order valence-corrected chi connectivity index (χ2v) is 6.40. The average molecular weight is 222 g/mol. The first-order valence-electron chi connectivity index (χ1n) is 6.29. The second-order valence-electron chi connectivity index (χ2n) is 6.40. The SMILES string of the molecule is CC(C)(C)[C@H](O)C(=O)[C@H]1C[C@H]2C=C[C@@H]1CC2. The Labute approximate surface area is 97.7 Å². The van der Waals surface area contributed by atoms with Crippen molar-refractivity contribution < 1.29 is 9.90 Å². The Morgan fingerprint density at radius 1 is 1.31 bits per heavy atom. The van der Waals surface area contributed by atoms with Gasteiger partial charge in [0, 0.05) is 5.92 Å². The average Bonchev–Trinajstić information content (AvgIpc) is 2.27. The van der Waals surface area contributed by atoms with Gasteiger partial charge >= 0.3 is 0 Å². The molecule has 0 aromatic carbocycles. The monoisotopic (exact) mass is 222 g/mol. The van der Waals surface area contributed by atoms with Crippen LogP contribution in [0, 0.1) is 23.2 Å². The van der Waals surface area contributed by atoms with Gasteiger partial charge in [0.2, 0.25) is 0 Å². The topological polar surface area (TPSA) is 37.3 Å². The minimum atomic E-state index is -0.815. The van der Waals surface area contributed by atoms with E-state index in [1.807, 2.05) is 20.8 Å². The van der Waals surface area contributed by atoms with E-state index in [0.29, 0.717) is 11.8 Å². The first-order valence-corrected chi connectivity index (χ1v) is 6.29. The third-order valence-corrected chi connectivity index (χ3v) is 4.03. The van der Waals surface area contributed by atoms with E-state index >= 15 is 0 Å². The molecular formula is C14H22O2. The molecule has 0 heterocycles. The molecule has 1 N–H and O–H groups in total. The number of allylic oxidation sites excluding steroid dienone is 2. The fourth-order valence-corrected chi connectivity index (χ4v) is 2.89. The number of aliphatic hydroxyl groups is 1. The molecule has 2 nitrogen and oxygen atoms in total. The summed E-state index contributed by atoms with van der Waals surface area (Å²) in [4.78, 5) is 12.3. The smallest absolute Gasteiger partial charge is 0.165 e. The fourth-order valence-electron chi connectivity index (χ4n) is 2.89. The molecule has 0 unspecified atom stereocenters. The van der Waals surface area contributed by atoms with Gasteiger partial charge < -0.3 is 5.11 Å². The van der Waals surface area contributed by atoms with Gasteiger partial charge in [0.05, 0.1) is 0 Å². The van der Waals surface area contributed by atoms with E-state index in [1.54, 1.807) is 0 Å². The van der Waals surface area contributed by atoms with Crippen molar-refractivity contribution in [1.82, 2.24) is 0 Å². The number of carbonyl (C=O) groups is 1. The maximum atomic E-state index is 12.3. The second kappa shape index (κ2) is 3.99. The zero-order valence-corrected chi connectivity index (χ0v) is 10.4. The lowest BCUT2D eigenvalue weighted by Crippen LogP contribution is -2.43. The van der Waals surface area contributed by atoms with Gasteiger partial charge in [-0.05, 0) is 36.5 Å². The number of fused-ring (bicyclic) bond motifs is 2. The minimum Gasteiger partial charge on any atom is -0.385 e. The van der Waals surface area contributed by atoms with Crippen LogP contribution in [0.1, 0.15) is 40.0 Å². The summed E-state index contributed by atoms with van der Waals surface area (Å²) >= 11 is 0. The number of hydrogen-bond acceptors (Lipinski definition) is 2. The summed E-state index contributed by atoms with van der Waals surface area (Å²) in [6.45, 7) is 5.77. The molecule has 0 spiro atoms. The van der Waals surface area contributed by atoms with Crippen LogP contribution in [0.15, 0.2) is 12.2 Å². The first-order chi connectivity index (χ1) is 7.39. The molecule has 3 aliphatic rings. The van der Waals surface area contributed by atoms with Crippen LogP contribution in [0.4, 0.5) is 0 Å². The summed E-state index contributed by atoms with van der Waals surface area (Å²) in [7, 11) is 0. The van der Waals surface area contributed by atoms with Crippen molar-refractivity contribution in [3.8, 4) is 0 Å². The minimum absolute atomic E-state index is 0.0616. The zero-order valence-electron chi connectivity index (χ0n) is 10.4. The van der Waals surface area contributed by atoms with Gasteiger partial charge in [0.25, 0.3) is 0 Å². The number of aliphatic hydroxyl groups excluding tert-OH is 1. The largest absolute Gasteiger partial charge is 0.385 e. The van der Waals surface area contributed by atoms with Crippen molar-refractivity contribution in [3.05, 3.63) is 12.2 Å². The van der Waals surface area contributed by atoms with Gasteiger partial charge in [-0.15, -0.1) is 0 Å². The van der Waals surface area contributed by atoms with Crippen LogP contribution in [0.2, 0.25) is 0 Å². The maximum Gasteiger partial charge on any atom is 0.165 e. The van der Waals surface area contributed by atoms with Crippen LogP contribution >= 0.6 is 0 Å². The Morgan fingerprint density at radius 2 is 2.00 bits per heavy atom. The Hall–Kier alpha value is -0.630. The Balaban J connectivity index is 2.09. The molecule has 1 saturated carbocycles. The lowest BCUT2D eigenvalue weighted by Gasteiger charge is -2.39. The van der Waals surface area contributed by atoms with Crippen LogP contribution in [0.3, 0.4) is 0 Å². The van der Waals surface area contributed by atoms with Gasteiger partial charge in [-0.1, -0.05) is 32.9 Å². The summed E-state index contributed by atoms with van der Waals surface area (Å²) in [5.41, 5.74) is -0.336. The van der Waals surface area contributed by atoms with E-state index in [0.717, 1.165) is 12.8 Å². The molecule has 2 heteroatoms. The predicted molar refractivity (Wildman–Crippen MR) is 63.9 cm³/mol. The van der Waals surface area contributed by atoms with E-state index < -0.39 is 6.10 Å². The maximum absolute atomic E-state index is 12.3. The Bertz CT molecular complexity index is 311. The van der Waals surface area contributed by atoms with Gasteiger partial charge in [-0.3, -0.25) is 4.79 Å². The number of Topliss-reactive ketones (excluding diaryl/α,β-unsaturated/α-hetero) is 1. The van der Waals surface area contributed by atoms with Crippen LogP contribution in [0.5, 0.6) is 0 Å². The van der Waals surface area contributed by atoms with Crippen LogP contribution < -0.4 is 0 Å². The third kappa shape index (κ3) is 2.08. The lowest BCUT2D eigenvalue weighted by atomic mass is 9.65. The third-order valence-electron chi connectivity index (χ3n) is 4.03. The zero-order chi connectivity index (χ0) is 11.9. The standard InChI is InChI=1S/C14H22O2/c1-14(2,3)13(16)12(15)11-8-9-4-6-10(11)7-5-9/h4,6,9-11,13,16H,5,7-8H2,1-3H3/t9-,10+,11-,13+/m0/s1. The Morgan fingerprint density at radius 3 is 2.38 bits per heavy atom. The molecule has 4 atom stereocenters. The summed E-state index contributed by atoms with van der Waals surface area (Å²) in [6, 6.07) is 0.